The number of amides is 1. The van der Waals surface area contributed by atoms with Crippen LogP contribution < -0.4 is 15.4 Å². The first-order valence-corrected chi connectivity index (χ1v) is 9.45. The summed E-state index contributed by atoms with van der Waals surface area (Å²) in [6.45, 7) is 3.58. The molecule has 1 saturated heterocycles. The largest absolute Gasteiger partial charge is 0.489 e. The summed E-state index contributed by atoms with van der Waals surface area (Å²) in [7, 11) is 0. The van der Waals surface area contributed by atoms with Gasteiger partial charge in [-0.3, -0.25) is 4.79 Å². The molecule has 138 valence electrons. The number of benzene rings is 2. The number of carbonyl (C=O) groups excluding carboxylic acids is 1. The number of ether oxygens (including phenoxy) is 1. The molecule has 1 aliphatic rings. The van der Waals surface area contributed by atoms with E-state index in [0.717, 1.165) is 36.3 Å². The summed E-state index contributed by atoms with van der Waals surface area (Å²) in [5.41, 5.74) is 2.01. The van der Waals surface area contributed by atoms with Gasteiger partial charge in [0, 0.05) is 17.1 Å². The molecule has 26 heavy (non-hydrogen) atoms. The highest BCUT2D eigenvalue weighted by atomic mass is 35.5. The van der Waals surface area contributed by atoms with Crippen LogP contribution in [0.1, 0.15) is 30.9 Å². The average molecular weight is 373 g/mol. The maximum atomic E-state index is 12.3. The first-order valence-electron chi connectivity index (χ1n) is 9.07. The van der Waals surface area contributed by atoms with Gasteiger partial charge in [-0.1, -0.05) is 35.9 Å². The molecule has 1 aliphatic heterocycles. The molecule has 0 spiro atoms. The van der Waals surface area contributed by atoms with Crippen molar-refractivity contribution in [1.29, 1.82) is 0 Å². The zero-order valence-electron chi connectivity index (χ0n) is 15.0. The van der Waals surface area contributed by atoms with Crippen LogP contribution in [0.2, 0.25) is 5.02 Å². The molecule has 0 radical (unpaired) electrons. The predicted molar refractivity (Wildman–Crippen MR) is 105 cm³/mol. The molecule has 2 atom stereocenters. The monoisotopic (exact) mass is 372 g/mol. The second kappa shape index (κ2) is 9.06. The molecule has 4 nitrogen and oxygen atoms in total. The van der Waals surface area contributed by atoms with Crippen molar-refractivity contribution in [3.63, 3.8) is 0 Å². The minimum Gasteiger partial charge on any atom is -0.489 e. The van der Waals surface area contributed by atoms with Gasteiger partial charge in [0.25, 0.3) is 0 Å². The number of piperidine rings is 1. The molecule has 3 rings (SSSR count). The van der Waals surface area contributed by atoms with Crippen molar-refractivity contribution in [2.75, 3.05) is 6.54 Å². The summed E-state index contributed by atoms with van der Waals surface area (Å²) in [5, 5.41) is 7.26. The van der Waals surface area contributed by atoms with Crippen molar-refractivity contribution < 1.29 is 9.53 Å². The summed E-state index contributed by atoms with van der Waals surface area (Å²) in [6.07, 6.45) is 2.34. The quantitative estimate of drug-likeness (QED) is 0.812. The molecule has 1 heterocycles. The lowest BCUT2D eigenvalue weighted by Crippen LogP contribution is -2.46. The molecule has 2 unspecified atom stereocenters. The molecule has 0 aliphatic carbocycles. The van der Waals surface area contributed by atoms with Gasteiger partial charge in [0.1, 0.15) is 12.4 Å². The van der Waals surface area contributed by atoms with E-state index in [1.807, 2.05) is 48.5 Å². The Kier molecular flexibility index (Phi) is 6.53. The SMILES string of the molecule is CC1CC(NC(=O)Cc2cccc(OCc3ccc(Cl)cc3)c2)CCN1. The van der Waals surface area contributed by atoms with E-state index in [1.165, 1.54) is 0 Å². The van der Waals surface area contributed by atoms with Crippen molar-refractivity contribution in [1.82, 2.24) is 10.6 Å². The lowest BCUT2D eigenvalue weighted by molar-refractivity contribution is -0.121. The summed E-state index contributed by atoms with van der Waals surface area (Å²) in [6, 6.07) is 16.0. The van der Waals surface area contributed by atoms with Gasteiger partial charge < -0.3 is 15.4 Å². The number of hydrogen-bond acceptors (Lipinski definition) is 3. The van der Waals surface area contributed by atoms with E-state index in [9.17, 15) is 4.79 Å². The standard InChI is InChI=1S/C21H25ClN2O2/c1-15-11-19(9-10-23-15)24-21(25)13-17-3-2-4-20(12-17)26-14-16-5-7-18(22)8-6-16/h2-8,12,15,19,23H,9-11,13-14H2,1H3,(H,24,25). The lowest BCUT2D eigenvalue weighted by atomic mass is 10.0. The van der Waals surface area contributed by atoms with Crippen LogP contribution in [0.4, 0.5) is 0 Å². The number of rotatable bonds is 6. The average Bonchev–Trinajstić information content (AvgIpc) is 2.61. The van der Waals surface area contributed by atoms with E-state index in [0.29, 0.717) is 24.1 Å². The molecule has 2 aromatic rings. The van der Waals surface area contributed by atoms with Gasteiger partial charge in [-0.05, 0) is 61.7 Å². The fourth-order valence-corrected chi connectivity index (χ4v) is 3.35. The van der Waals surface area contributed by atoms with Gasteiger partial charge in [-0.25, -0.2) is 0 Å². The van der Waals surface area contributed by atoms with Gasteiger partial charge >= 0.3 is 0 Å². The molecule has 1 amide bonds. The van der Waals surface area contributed by atoms with Crippen molar-refractivity contribution in [3.05, 3.63) is 64.7 Å². The Morgan fingerprint density at radius 3 is 2.81 bits per heavy atom. The maximum Gasteiger partial charge on any atom is 0.224 e. The van der Waals surface area contributed by atoms with Crippen LogP contribution in [0.5, 0.6) is 5.75 Å². The highest BCUT2D eigenvalue weighted by molar-refractivity contribution is 6.30. The molecule has 0 saturated carbocycles. The number of nitrogens with one attached hydrogen (secondary N) is 2. The third-order valence-corrected chi connectivity index (χ3v) is 4.82. The second-order valence-corrected chi connectivity index (χ2v) is 7.32. The molecular formula is C21H25ClN2O2. The Labute approximate surface area is 159 Å². The fraction of sp³-hybridized carbons (Fsp3) is 0.381. The summed E-state index contributed by atoms with van der Waals surface area (Å²) in [5.74, 6) is 0.833. The van der Waals surface area contributed by atoms with Crippen molar-refractivity contribution in [2.45, 2.75) is 44.9 Å². The van der Waals surface area contributed by atoms with E-state index in [1.54, 1.807) is 0 Å². The zero-order chi connectivity index (χ0) is 18.4. The van der Waals surface area contributed by atoms with Crippen LogP contribution in [-0.4, -0.2) is 24.5 Å². The second-order valence-electron chi connectivity index (χ2n) is 6.88. The van der Waals surface area contributed by atoms with Gasteiger partial charge in [0.05, 0.1) is 6.42 Å². The minimum atomic E-state index is 0.0685. The van der Waals surface area contributed by atoms with Crippen LogP contribution in [0, 0.1) is 0 Å². The minimum absolute atomic E-state index is 0.0685. The molecule has 5 heteroatoms. The molecule has 1 fully saturated rings. The number of hydrogen-bond donors (Lipinski definition) is 2. The third kappa shape index (κ3) is 5.75. The first-order chi connectivity index (χ1) is 12.6. The van der Waals surface area contributed by atoms with E-state index in [-0.39, 0.29) is 11.9 Å². The van der Waals surface area contributed by atoms with E-state index >= 15 is 0 Å². The van der Waals surface area contributed by atoms with Gasteiger partial charge in [0.15, 0.2) is 0 Å². The Morgan fingerprint density at radius 2 is 2.04 bits per heavy atom. The van der Waals surface area contributed by atoms with Crippen LogP contribution in [-0.2, 0) is 17.8 Å². The molecule has 2 aromatic carbocycles. The summed E-state index contributed by atoms with van der Waals surface area (Å²) < 4.78 is 5.84. The van der Waals surface area contributed by atoms with Gasteiger partial charge in [0.2, 0.25) is 5.91 Å². The molecule has 2 N–H and O–H groups in total. The highest BCUT2D eigenvalue weighted by Crippen LogP contribution is 2.17. The Morgan fingerprint density at radius 1 is 1.23 bits per heavy atom. The molecule has 0 aromatic heterocycles. The Balaban J connectivity index is 1.51. The number of carbonyl (C=O) groups is 1. The normalized spacial score (nSPS) is 19.8. The highest BCUT2D eigenvalue weighted by Gasteiger charge is 2.19. The van der Waals surface area contributed by atoms with E-state index in [4.69, 9.17) is 16.3 Å². The summed E-state index contributed by atoms with van der Waals surface area (Å²) in [4.78, 5) is 12.3. The number of halogens is 1. The van der Waals surface area contributed by atoms with Crippen molar-refractivity contribution in [2.24, 2.45) is 0 Å². The van der Waals surface area contributed by atoms with Crippen LogP contribution in [0.25, 0.3) is 0 Å². The van der Waals surface area contributed by atoms with Gasteiger partial charge in [-0.15, -0.1) is 0 Å². The molecular weight excluding hydrogens is 348 g/mol. The first kappa shape index (κ1) is 18.7. The maximum absolute atomic E-state index is 12.3. The Hall–Kier alpha value is -2.04. The Bertz CT molecular complexity index is 733. The zero-order valence-corrected chi connectivity index (χ0v) is 15.8. The van der Waals surface area contributed by atoms with E-state index < -0.39 is 0 Å². The fourth-order valence-electron chi connectivity index (χ4n) is 3.22. The predicted octanol–water partition coefficient (Wildman–Crippen LogP) is 3.72. The van der Waals surface area contributed by atoms with Crippen LogP contribution in [0.15, 0.2) is 48.5 Å². The lowest BCUT2D eigenvalue weighted by Gasteiger charge is -2.28. The van der Waals surface area contributed by atoms with Crippen molar-refractivity contribution in [3.8, 4) is 5.75 Å². The molecule has 0 bridgehead atoms. The smallest absolute Gasteiger partial charge is 0.224 e. The van der Waals surface area contributed by atoms with Crippen LogP contribution in [0.3, 0.4) is 0 Å². The third-order valence-electron chi connectivity index (χ3n) is 4.57. The van der Waals surface area contributed by atoms with Gasteiger partial charge in [-0.2, -0.15) is 0 Å². The topological polar surface area (TPSA) is 50.4 Å². The summed E-state index contributed by atoms with van der Waals surface area (Å²) >= 11 is 5.89. The van der Waals surface area contributed by atoms with Crippen molar-refractivity contribution >= 4 is 17.5 Å². The van der Waals surface area contributed by atoms with Crippen LogP contribution >= 0.6 is 11.6 Å². The van der Waals surface area contributed by atoms with E-state index in [2.05, 4.69) is 17.6 Å².